The lowest BCUT2D eigenvalue weighted by Crippen LogP contribution is -2.19. The van der Waals surface area contributed by atoms with E-state index in [9.17, 15) is 0 Å². The van der Waals surface area contributed by atoms with Gasteiger partial charge in [-0.15, -0.1) is 0 Å². The largest absolute Gasteiger partial charge is 0.330 e. The van der Waals surface area contributed by atoms with E-state index < -0.39 is 0 Å². The van der Waals surface area contributed by atoms with Crippen molar-refractivity contribution in [2.75, 3.05) is 6.54 Å². The van der Waals surface area contributed by atoms with Gasteiger partial charge in [0.25, 0.3) is 0 Å². The van der Waals surface area contributed by atoms with E-state index in [-0.39, 0.29) is 0 Å². The van der Waals surface area contributed by atoms with Crippen molar-refractivity contribution in [1.29, 1.82) is 0 Å². The highest BCUT2D eigenvalue weighted by Gasteiger charge is 2.24. The van der Waals surface area contributed by atoms with Gasteiger partial charge in [-0.2, -0.15) is 0 Å². The molecule has 1 aliphatic rings. The van der Waals surface area contributed by atoms with Crippen LogP contribution in [0, 0.1) is 5.92 Å². The summed E-state index contributed by atoms with van der Waals surface area (Å²) in [6.07, 6.45) is 5.42. The van der Waals surface area contributed by atoms with Crippen molar-refractivity contribution in [3.63, 3.8) is 0 Å². The van der Waals surface area contributed by atoms with Gasteiger partial charge in [0.15, 0.2) is 0 Å². The van der Waals surface area contributed by atoms with Gasteiger partial charge in [-0.3, -0.25) is 0 Å². The molecule has 0 amide bonds. The monoisotopic (exact) mass is 223 g/mol. The van der Waals surface area contributed by atoms with Gasteiger partial charge in [0.2, 0.25) is 0 Å². The third-order valence-corrected chi connectivity index (χ3v) is 3.77. The van der Waals surface area contributed by atoms with Crippen molar-refractivity contribution >= 4 is 11.6 Å². The molecular formula is C13H18ClN. The Labute approximate surface area is 96.6 Å². The fourth-order valence-electron chi connectivity index (χ4n) is 2.67. The van der Waals surface area contributed by atoms with Gasteiger partial charge in [-0.1, -0.05) is 36.6 Å². The van der Waals surface area contributed by atoms with Crippen molar-refractivity contribution in [1.82, 2.24) is 0 Å². The van der Waals surface area contributed by atoms with E-state index in [1.165, 1.54) is 31.2 Å². The van der Waals surface area contributed by atoms with Crippen LogP contribution in [0.1, 0.15) is 37.2 Å². The van der Waals surface area contributed by atoms with E-state index in [2.05, 4.69) is 12.1 Å². The molecule has 1 aromatic carbocycles. The summed E-state index contributed by atoms with van der Waals surface area (Å²) < 4.78 is 0. The first-order valence-corrected chi connectivity index (χ1v) is 6.14. The van der Waals surface area contributed by atoms with Crippen LogP contribution in [0.15, 0.2) is 24.3 Å². The van der Waals surface area contributed by atoms with Crippen LogP contribution in [-0.4, -0.2) is 6.54 Å². The van der Waals surface area contributed by atoms with E-state index >= 15 is 0 Å². The lowest BCUT2D eigenvalue weighted by Gasteiger charge is -2.22. The second-order valence-electron chi connectivity index (χ2n) is 4.44. The Hall–Kier alpha value is -0.530. The molecule has 1 aliphatic carbocycles. The Morgan fingerprint density at radius 3 is 2.33 bits per heavy atom. The summed E-state index contributed by atoms with van der Waals surface area (Å²) in [4.78, 5) is 0. The summed E-state index contributed by atoms with van der Waals surface area (Å²) in [6, 6.07) is 8.18. The summed E-state index contributed by atoms with van der Waals surface area (Å²) in [5.41, 5.74) is 7.25. The summed E-state index contributed by atoms with van der Waals surface area (Å²) in [6.45, 7) is 0.756. The topological polar surface area (TPSA) is 26.0 Å². The zero-order chi connectivity index (χ0) is 10.7. The Balaban J connectivity index is 2.14. The molecule has 0 aliphatic heterocycles. The summed E-state index contributed by atoms with van der Waals surface area (Å²) >= 11 is 5.89. The lowest BCUT2D eigenvalue weighted by molar-refractivity contribution is 0.440. The third kappa shape index (κ3) is 2.53. The minimum atomic E-state index is 0.532. The molecule has 0 heterocycles. The van der Waals surface area contributed by atoms with Crippen LogP contribution in [0.3, 0.4) is 0 Å². The third-order valence-electron chi connectivity index (χ3n) is 3.52. The highest BCUT2D eigenvalue weighted by atomic mass is 35.5. The zero-order valence-corrected chi connectivity index (χ0v) is 9.71. The second-order valence-corrected chi connectivity index (χ2v) is 4.87. The van der Waals surface area contributed by atoms with Crippen molar-refractivity contribution in [2.24, 2.45) is 11.7 Å². The Kier molecular flexibility index (Phi) is 3.66. The van der Waals surface area contributed by atoms with Crippen LogP contribution < -0.4 is 5.73 Å². The molecular weight excluding hydrogens is 206 g/mol. The average Bonchev–Trinajstić information content (AvgIpc) is 2.75. The minimum Gasteiger partial charge on any atom is -0.330 e. The summed E-state index contributed by atoms with van der Waals surface area (Å²) in [7, 11) is 0. The predicted molar refractivity (Wildman–Crippen MR) is 65.2 cm³/mol. The quantitative estimate of drug-likeness (QED) is 0.833. The lowest BCUT2D eigenvalue weighted by atomic mass is 9.85. The van der Waals surface area contributed by atoms with E-state index in [1.807, 2.05) is 12.1 Å². The van der Waals surface area contributed by atoms with Gasteiger partial charge in [0.1, 0.15) is 0 Å². The van der Waals surface area contributed by atoms with E-state index in [0.717, 1.165) is 17.5 Å². The molecule has 1 saturated carbocycles. The molecule has 1 aromatic rings. The molecule has 1 atom stereocenters. The molecule has 0 spiro atoms. The van der Waals surface area contributed by atoms with Crippen LogP contribution in [0.4, 0.5) is 0 Å². The summed E-state index contributed by atoms with van der Waals surface area (Å²) in [5, 5.41) is 0.806. The maximum atomic E-state index is 5.89. The number of nitrogens with two attached hydrogens (primary N) is 1. The zero-order valence-electron chi connectivity index (χ0n) is 8.95. The van der Waals surface area contributed by atoms with Gasteiger partial charge in [-0.25, -0.2) is 0 Å². The van der Waals surface area contributed by atoms with Crippen LogP contribution >= 0.6 is 11.6 Å². The van der Waals surface area contributed by atoms with Crippen molar-refractivity contribution < 1.29 is 0 Å². The molecule has 0 aromatic heterocycles. The van der Waals surface area contributed by atoms with E-state index in [0.29, 0.717) is 5.92 Å². The average molecular weight is 224 g/mol. The van der Waals surface area contributed by atoms with Crippen LogP contribution in [-0.2, 0) is 0 Å². The predicted octanol–water partition coefficient (Wildman–Crippen LogP) is 3.57. The first-order chi connectivity index (χ1) is 7.31. The van der Waals surface area contributed by atoms with Crippen LogP contribution in [0.2, 0.25) is 5.02 Å². The van der Waals surface area contributed by atoms with Crippen LogP contribution in [0.25, 0.3) is 0 Å². The number of halogens is 1. The van der Waals surface area contributed by atoms with Crippen molar-refractivity contribution in [2.45, 2.75) is 31.6 Å². The van der Waals surface area contributed by atoms with Crippen LogP contribution in [0.5, 0.6) is 0 Å². The molecule has 1 fully saturated rings. The normalized spacial score (nSPS) is 19.3. The standard InChI is InChI=1S/C13H18ClN/c14-12-7-5-11(6-8-12)13(9-15)10-3-1-2-4-10/h5-8,10,13H,1-4,9,15H2. The molecule has 2 N–H and O–H groups in total. The molecule has 0 saturated heterocycles. The second kappa shape index (κ2) is 5.00. The van der Waals surface area contributed by atoms with E-state index in [4.69, 9.17) is 17.3 Å². The number of hydrogen-bond acceptors (Lipinski definition) is 1. The highest BCUT2D eigenvalue weighted by molar-refractivity contribution is 6.30. The van der Waals surface area contributed by atoms with Gasteiger partial charge in [0.05, 0.1) is 0 Å². The first kappa shape index (κ1) is 11.0. The Morgan fingerprint density at radius 1 is 1.20 bits per heavy atom. The first-order valence-electron chi connectivity index (χ1n) is 5.77. The van der Waals surface area contributed by atoms with Gasteiger partial charge < -0.3 is 5.73 Å². The Bertz CT molecular complexity index is 301. The molecule has 2 rings (SSSR count). The summed E-state index contributed by atoms with van der Waals surface area (Å²) in [5.74, 6) is 1.32. The van der Waals surface area contributed by atoms with Gasteiger partial charge in [-0.05, 0) is 48.9 Å². The Morgan fingerprint density at radius 2 is 1.80 bits per heavy atom. The molecule has 1 unspecified atom stereocenters. The molecule has 82 valence electrons. The SMILES string of the molecule is NCC(c1ccc(Cl)cc1)C1CCCC1. The molecule has 2 heteroatoms. The maximum Gasteiger partial charge on any atom is 0.0406 e. The fourth-order valence-corrected chi connectivity index (χ4v) is 2.80. The number of rotatable bonds is 3. The highest BCUT2D eigenvalue weighted by Crippen LogP contribution is 2.36. The minimum absolute atomic E-state index is 0.532. The van der Waals surface area contributed by atoms with Gasteiger partial charge >= 0.3 is 0 Å². The van der Waals surface area contributed by atoms with Crippen molar-refractivity contribution in [3.8, 4) is 0 Å². The molecule has 0 radical (unpaired) electrons. The van der Waals surface area contributed by atoms with E-state index in [1.54, 1.807) is 0 Å². The number of hydrogen-bond donors (Lipinski definition) is 1. The van der Waals surface area contributed by atoms with Crippen molar-refractivity contribution in [3.05, 3.63) is 34.9 Å². The maximum absolute atomic E-state index is 5.89. The molecule has 1 nitrogen and oxygen atoms in total. The smallest absolute Gasteiger partial charge is 0.0406 e. The van der Waals surface area contributed by atoms with Gasteiger partial charge in [0, 0.05) is 5.02 Å². The number of benzene rings is 1. The molecule has 15 heavy (non-hydrogen) atoms. The fraction of sp³-hybridized carbons (Fsp3) is 0.538. The molecule has 0 bridgehead atoms.